The van der Waals surface area contributed by atoms with Crippen LogP contribution in [0.2, 0.25) is 0 Å². The minimum Gasteiger partial charge on any atom is -0.368 e. The van der Waals surface area contributed by atoms with Crippen LogP contribution in [-0.4, -0.2) is 66.3 Å². The predicted octanol–water partition coefficient (Wildman–Crippen LogP) is -1.33. The molecular weight excluding hydrogens is 260 g/mol. The Morgan fingerprint density at radius 3 is 2.75 bits per heavy atom. The number of nitrogens with zero attached hydrogens (tertiary/aromatic N) is 2. The van der Waals surface area contributed by atoms with Gasteiger partial charge in [-0.3, -0.25) is 14.4 Å². The summed E-state index contributed by atoms with van der Waals surface area (Å²) in [4.78, 5) is 38.2. The molecule has 2 heterocycles. The summed E-state index contributed by atoms with van der Waals surface area (Å²) in [6, 6.07) is -0.0125. The zero-order chi connectivity index (χ0) is 14.5. The number of hydrogen-bond donors (Lipinski definition) is 2. The van der Waals surface area contributed by atoms with E-state index in [1.54, 1.807) is 4.90 Å². The van der Waals surface area contributed by atoms with Gasteiger partial charge in [-0.2, -0.15) is 0 Å². The van der Waals surface area contributed by atoms with Crippen LogP contribution >= 0.6 is 0 Å². The predicted molar refractivity (Wildman–Crippen MR) is 72.6 cm³/mol. The summed E-state index contributed by atoms with van der Waals surface area (Å²) < 4.78 is 0. The van der Waals surface area contributed by atoms with Crippen molar-refractivity contribution >= 4 is 17.7 Å². The second kappa shape index (κ2) is 6.69. The summed E-state index contributed by atoms with van der Waals surface area (Å²) in [5.74, 6) is -0.691. The molecule has 2 rings (SSSR count). The smallest absolute Gasteiger partial charge is 0.242 e. The standard InChI is InChI=1S/C13H22N4O3/c14-11(18)8-17(10-3-1-5-15-7-10)13(20)9-16-6-2-4-12(16)19/h10,15H,1-9H2,(H2,14,18). The summed E-state index contributed by atoms with van der Waals surface area (Å²) in [7, 11) is 0. The first-order valence-electron chi connectivity index (χ1n) is 7.14. The van der Waals surface area contributed by atoms with Crippen molar-refractivity contribution in [2.75, 3.05) is 32.7 Å². The molecule has 2 fully saturated rings. The van der Waals surface area contributed by atoms with Crippen molar-refractivity contribution in [3.05, 3.63) is 0 Å². The third-order valence-electron chi connectivity index (χ3n) is 3.86. The highest BCUT2D eigenvalue weighted by molar-refractivity contribution is 5.88. The zero-order valence-corrected chi connectivity index (χ0v) is 11.6. The fraction of sp³-hybridized carbons (Fsp3) is 0.769. The Morgan fingerprint density at radius 2 is 2.20 bits per heavy atom. The molecule has 1 unspecified atom stereocenters. The molecule has 3 amide bonds. The Hall–Kier alpha value is -1.63. The van der Waals surface area contributed by atoms with Gasteiger partial charge in [0.25, 0.3) is 0 Å². The van der Waals surface area contributed by atoms with Gasteiger partial charge in [0, 0.05) is 25.6 Å². The van der Waals surface area contributed by atoms with E-state index >= 15 is 0 Å². The van der Waals surface area contributed by atoms with Gasteiger partial charge in [0.05, 0.1) is 13.1 Å². The quantitative estimate of drug-likeness (QED) is 0.653. The summed E-state index contributed by atoms with van der Waals surface area (Å²) in [5.41, 5.74) is 5.24. The number of rotatable bonds is 5. The lowest BCUT2D eigenvalue weighted by Gasteiger charge is -2.34. The minimum atomic E-state index is -0.517. The van der Waals surface area contributed by atoms with Gasteiger partial charge in [0.2, 0.25) is 17.7 Å². The molecule has 0 radical (unpaired) electrons. The van der Waals surface area contributed by atoms with E-state index in [-0.39, 0.29) is 30.9 Å². The Balaban J connectivity index is 1.98. The molecule has 0 spiro atoms. The maximum Gasteiger partial charge on any atom is 0.242 e. The molecule has 112 valence electrons. The first-order chi connectivity index (χ1) is 9.58. The molecule has 2 saturated heterocycles. The lowest BCUT2D eigenvalue weighted by molar-refractivity contribution is -0.142. The van der Waals surface area contributed by atoms with Crippen molar-refractivity contribution in [2.24, 2.45) is 5.73 Å². The molecule has 2 aliphatic heterocycles. The van der Waals surface area contributed by atoms with Crippen molar-refractivity contribution in [2.45, 2.75) is 31.7 Å². The number of carbonyl (C=O) groups excluding carboxylic acids is 3. The van der Waals surface area contributed by atoms with Crippen LogP contribution in [0.1, 0.15) is 25.7 Å². The lowest BCUT2D eigenvalue weighted by Crippen LogP contribution is -2.53. The Bertz CT molecular complexity index is 393. The van der Waals surface area contributed by atoms with E-state index in [4.69, 9.17) is 5.73 Å². The van der Waals surface area contributed by atoms with E-state index in [1.807, 2.05) is 0 Å². The fourth-order valence-electron chi connectivity index (χ4n) is 2.81. The highest BCUT2D eigenvalue weighted by atomic mass is 16.2. The van der Waals surface area contributed by atoms with Crippen molar-refractivity contribution in [1.82, 2.24) is 15.1 Å². The topological polar surface area (TPSA) is 95.7 Å². The molecular formula is C13H22N4O3. The number of nitrogens with two attached hydrogens (primary N) is 1. The molecule has 0 aromatic heterocycles. The second-order valence-electron chi connectivity index (χ2n) is 5.41. The number of likely N-dealkylation sites (tertiary alicyclic amines) is 1. The average Bonchev–Trinajstić information content (AvgIpc) is 2.82. The van der Waals surface area contributed by atoms with Crippen LogP contribution in [0.5, 0.6) is 0 Å². The van der Waals surface area contributed by atoms with Crippen LogP contribution in [0.3, 0.4) is 0 Å². The van der Waals surface area contributed by atoms with Gasteiger partial charge in [-0.05, 0) is 25.8 Å². The van der Waals surface area contributed by atoms with Gasteiger partial charge in [-0.1, -0.05) is 0 Å². The van der Waals surface area contributed by atoms with Crippen molar-refractivity contribution < 1.29 is 14.4 Å². The highest BCUT2D eigenvalue weighted by Gasteiger charge is 2.30. The van der Waals surface area contributed by atoms with Crippen LogP contribution < -0.4 is 11.1 Å². The van der Waals surface area contributed by atoms with Gasteiger partial charge in [0.15, 0.2) is 0 Å². The van der Waals surface area contributed by atoms with Crippen LogP contribution in [0, 0.1) is 0 Å². The first-order valence-corrected chi connectivity index (χ1v) is 7.14. The Kier molecular flexibility index (Phi) is 4.94. The minimum absolute atomic E-state index is 0.0125. The molecule has 0 bridgehead atoms. The molecule has 20 heavy (non-hydrogen) atoms. The van der Waals surface area contributed by atoms with Crippen LogP contribution in [-0.2, 0) is 14.4 Å². The number of nitrogens with one attached hydrogen (secondary N) is 1. The number of primary amides is 1. The van der Waals surface area contributed by atoms with Gasteiger partial charge >= 0.3 is 0 Å². The molecule has 7 nitrogen and oxygen atoms in total. The number of amides is 3. The summed E-state index contributed by atoms with van der Waals surface area (Å²) >= 11 is 0. The Morgan fingerprint density at radius 1 is 1.40 bits per heavy atom. The maximum atomic E-state index is 12.4. The number of piperidine rings is 1. The van der Waals surface area contributed by atoms with Crippen LogP contribution in [0.25, 0.3) is 0 Å². The summed E-state index contributed by atoms with van der Waals surface area (Å²) in [6.07, 6.45) is 3.14. The van der Waals surface area contributed by atoms with E-state index in [0.29, 0.717) is 19.5 Å². The fourth-order valence-corrected chi connectivity index (χ4v) is 2.81. The van der Waals surface area contributed by atoms with Gasteiger partial charge in [0.1, 0.15) is 0 Å². The lowest BCUT2D eigenvalue weighted by atomic mass is 10.1. The summed E-state index contributed by atoms with van der Waals surface area (Å²) in [5, 5.41) is 3.22. The molecule has 2 aliphatic rings. The van der Waals surface area contributed by atoms with Crippen molar-refractivity contribution in [3.8, 4) is 0 Å². The third kappa shape index (κ3) is 3.69. The molecule has 0 aliphatic carbocycles. The monoisotopic (exact) mass is 282 g/mol. The van der Waals surface area contributed by atoms with Crippen LogP contribution in [0.15, 0.2) is 0 Å². The second-order valence-corrected chi connectivity index (χ2v) is 5.41. The summed E-state index contributed by atoms with van der Waals surface area (Å²) in [6.45, 7) is 2.21. The molecule has 0 aromatic rings. The van der Waals surface area contributed by atoms with Gasteiger partial charge < -0.3 is 20.9 Å². The third-order valence-corrected chi connectivity index (χ3v) is 3.86. The molecule has 1 atom stereocenters. The molecule has 7 heteroatoms. The first kappa shape index (κ1) is 14.8. The van der Waals surface area contributed by atoms with Gasteiger partial charge in [-0.25, -0.2) is 0 Å². The molecule has 0 saturated carbocycles. The zero-order valence-electron chi connectivity index (χ0n) is 11.6. The highest BCUT2D eigenvalue weighted by Crippen LogP contribution is 2.13. The van der Waals surface area contributed by atoms with E-state index < -0.39 is 5.91 Å². The van der Waals surface area contributed by atoms with Crippen molar-refractivity contribution in [1.29, 1.82) is 0 Å². The van der Waals surface area contributed by atoms with Crippen LogP contribution in [0.4, 0.5) is 0 Å². The van der Waals surface area contributed by atoms with Gasteiger partial charge in [-0.15, -0.1) is 0 Å². The molecule has 0 aromatic carbocycles. The Labute approximate surface area is 118 Å². The van der Waals surface area contributed by atoms with Crippen molar-refractivity contribution in [3.63, 3.8) is 0 Å². The average molecular weight is 282 g/mol. The SMILES string of the molecule is NC(=O)CN(C(=O)CN1CCCC1=O)C1CCCNC1. The maximum absolute atomic E-state index is 12.4. The van der Waals surface area contributed by atoms with E-state index in [1.165, 1.54) is 4.90 Å². The normalized spacial score (nSPS) is 22.9. The number of hydrogen-bond acceptors (Lipinski definition) is 4. The van der Waals surface area contributed by atoms with E-state index in [2.05, 4.69) is 5.32 Å². The van der Waals surface area contributed by atoms with E-state index in [0.717, 1.165) is 25.8 Å². The largest absolute Gasteiger partial charge is 0.368 e. The van der Waals surface area contributed by atoms with E-state index in [9.17, 15) is 14.4 Å². The number of carbonyl (C=O) groups is 3. The molecule has 3 N–H and O–H groups in total.